The molecule has 19 heavy (non-hydrogen) atoms. The second-order valence-corrected chi connectivity index (χ2v) is 4.57. The molecule has 5 heteroatoms. The highest BCUT2D eigenvalue weighted by atomic mass is 35.5. The molecule has 1 unspecified atom stereocenters. The van der Waals surface area contributed by atoms with Gasteiger partial charge in [0.2, 0.25) is 0 Å². The molecule has 0 aromatic heterocycles. The van der Waals surface area contributed by atoms with Gasteiger partial charge in [-0.05, 0) is 41.5 Å². The summed E-state index contributed by atoms with van der Waals surface area (Å²) in [5.74, 6) is -2.05. The number of aliphatic hydroxyl groups is 1. The summed E-state index contributed by atoms with van der Waals surface area (Å²) in [5, 5.41) is 10.2. The van der Waals surface area contributed by atoms with E-state index >= 15 is 0 Å². The first-order valence-corrected chi connectivity index (χ1v) is 5.91. The number of hydrogen-bond acceptors (Lipinski definition) is 1. The van der Waals surface area contributed by atoms with Crippen molar-refractivity contribution in [3.05, 3.63) is 70.0 Å². The monoisotopic (exact) mass is 286 g/mol. The quantitative estimate of drug-likeness (QED) is 0.903. The minimum Gasteiger partial charge on any atom is -0.388 e. The fourth-order valence-electron chi connectivity index (χ4n) is 1.79. The van der Waals surface area contributed by atoms with Crippen molar-refractivity contribution >= 4 is 11.6 Å². The zero-order chi connectivity index (χ0) is 14.0. The van der Waals surface area contributed by atoms with Crippen molar-refractivity contribution in [1.29, 1.82) is 0 Å². The number of rotatable bonds is 3. The van der Waals surface area contributed by atoms with Gasteiger partial charge in [-0.1, -0.05) is 11.6 Å². The molecule has 1 N–H and O–H groups in total. The molecule has 0 aliphatic rings. The Labute approximate surface area is 113 Å². The van der Waals surface area contributed by atoms with Crippen molar-refractivity contribution in [2.75, 3.05) is 0 Å². The summed E-state index contributed by atoms with van der Waals surface area (Å²) >= 11 is 5.86. The first-order chi connectivity index (χ1) is 8.95. The van der Waals surface area contributed by atoms with E-state index in [4.69, 9.17) is 11.6 Å². The van der Waals surface area contributed by atoms with E-state index in [-0.39, 0.29) is 17.0 Å². The van der Waals surface area contributed by atoms with Gasteiger partial charge in [0.15, 0.2) is 0 Å². The van der Waals surface area contributed by atoms with Crippen LogP contribution in [0.3, 0.4) is 0 Å². The summed E-state index contributed by atoms with van der Waals surface area (Å²) < 4.78 is 39.1. The van der Waals surface area contributed by atoms with Crippen LogP contribution in [-0.4, -0.2) is 5.11 Å². The lowest BCUT2D eigenvalue weighted by Crippen LogP contribution is -2.04. The fourth-order valence-corrected chi connectivity index (χ4v) is 1.99. The van der Waals surface area contributed by atoms with Crippen molar-refractivity contribution in [2.24, 2.45) is 0 Å². The molecule has 0 aliphatic heterocycles. The second-order valence-electron chi connectivity index (χ2n) is 4.16. The maximum Gasteiger partial charge on any atom is 0.126 e. The van der Waals surface area contributed by atoms with Gasteiger partial charge in [-0.15, -0.1) is 0 Å². The van der Waals surface area contributed by atoms with Gasteiger partial charge in [-0.2, -0.15) is 0 Å². The molecule has 0 bridgehead atoms. The van der Waals surface area contributed by atoms with E-state index in [1.165, 1.54) is 18.2 Å². The van der Waals surface area contributed by atoms with E-state index in [0.29, 0.717) is 11.6 Å². The molecule has 0 saturated carbocycles. The molecular formula is C14H10ClF3O. The van der Waals surface area contributed by atoms with Crippen molar-refractivity contribution in [1.82, 2.24) is 0 Å². The van der Waals surface area contributed by atoms with E-state index in [0.717, 1.165) is 12.1 Å². The van der Waals surface area contributed by atoms with Crippen molar-refractivity contribution < 1.29 is 18.3 Å². The third-order valence-corrected chi connectivity index (χ3v) is 3.06. The lowest BCUT2D eigenvalue weighted by atomic mass is 10.0. The molecule has 0 heterocycles. The maximum atomic E-state index is 13.1. The van der Waals surface area contributed by atoms with E-state index in [9.17, 15) is 18.3 Å². The molecule has 1 atom stereocenters. The highest BCUT2D eigenvalue weighted by molar-refractivity contribution is 6.31. The average Bonchev–Trinajstić information content (AvgIpc) is 2.32. The molecule has 0 spiro atoms. The molecule has 2 rings (SSSR count). The molecule has 0 saturated heterocycles. The number of hydrogen-bond donors (Lipinski definition) is 1. The Morgan fingerprint density at radius 3 is 2.21 bits per heavy atom. The minimum absolute atomic E-state index is 0.0283. The van der Waals surface area contributed by atoms with E-state index in [1.54, 1.807) is 0 Å². The third-order valence-electron chi connectivity index (χ3n) is 2.69. The zero-order valence-electron chi connectivity index (χ0n) is 9.71. The first kappa shape index (κ1) is 13.9. The van der Waals surface area contributed by atoms with Crippen LogP contribution in [0.1, 0.15) is 17.2 Å². The van der Waals surface area contributed by atoms with Crippen molar-refractivity contribution in [3.63, 3.8) is 0 Å². The Bertz CT molecular complexity index is 581. The summed E-state index contributed by atoms with van der Waals surface area (Å²) in [6.07, 6.45) is -1.19. The molecule has 2 aromatic rings. The molecule has 0 aliphatic carbocycles. The van der Waals surface area contributed by atoms with Gasteiger partial charge in [0.1, 0.15) is 17.5 Å². The molecule has 0 fully saturated rings. The molecule has 2 aromatic carbocycles. The van der Waals surface area contributed by atoms with Gasteiger partial charge in [-0.3, -0.25) is 0 Å². The number of benzene rings is 2. The van der Waals surface area contributed by atoms with Gasteiger partial charge in [0, 0.05) is 17.5 Å². The van der Waals surface area contributed by atoms with Crippen molar-refractivity contribution in [3.8, 4) is 0 Å². The largest absolute Gasteiger partial charge is 0.388 e. The minimum atomic E-state index is -1.16. The normalized spacial score (nSPS) is 12.5. The molecule has 0 radical (unpaired) electrons. The molecule has 0 amide bonds. The summed E-state index contributed by atoms with van der Waals surface area (Å²) in [5.41, 5.74) is 0.455. The lowest BCUT2D eigenvalue weighted by Gasteiger charge is -2.12. The van der Waals surface area contributed by atoms with Crippen LogP contribution in [0.5, 0.6) is 0 Å². The smallest absolute Gasteiger partial charge is 0.126 e. The maximum absolute atomic E-state index is 13.1. The SMILES string of the molecule is OC(Cc1cc(F)ccc1Cl)c1cc(F)cc(F)c1. The van der Waals surface area contributed by atoms with Gasteiger partial charge >= 0.3 is 0 Å². The Kier molecular flexibility index (Phi) is 4.12. The Balaban J connectivity index is 2.25. The van der Waals surface area contributed by atoms with Crippen LogP contribution < -0.4 is 0 Å². The van der Waals surface area contributed by atoms with Gasteiger partial charge < -0.3 is 5.11 Å². The Hall–Kier alpha value is -1.52. The van der Waals surface area contributed by atoms with Crippen LogP contribution in [-0.2, 0) is 6.42 Å². The second kappa shape index (κ2) is 5.63. The summed E-state index contributed by atoms with van der Waals surface area (Å²) in [6.45, 7) is 0. The van der Waals surface area contributed by atoms with Crippen molar-refractivity contribution in [2.45, 2.75) is 12.5 Å². The average molecular weight is 287 g/mol. The molecule has 1 nitrogen and oxygen atoms in total. The standard InChI is InChI=1S/C14H10ClF3O/c15-13-2-1-10(16)3-8(13)6-14(19)9-4-11(17)7-12(18)5-9/h1-5,7,14,19H,6H2. The van der Waals surface area contributed by atoms with Crippen LogP contribution in [0.15, 0.2) is 36.4 Å². The van der Waals surface area contributed by atoms with Gasteiger partial charge in [-0.25, -0.2) is 13.2 Å². The van der Waals surface area contributed by atoms with Crippen LogP contribution in [0, 0.1) is 17.5 Å². The Morgan fingerprint density at radius 2 is 1.58 bits per heavy atom. The topological polar surface area (TPSA) is 20.2 Å². The predicted octanol–water partition coefficient (Wildman–Crippen LogP) is 4.03. The zero-order valence-corrected chi connectivity index (χ0v) is 10.5. The van der Waals surface area contributed by atoms with Crippen LogP contribution >= 0.6 is 11.6 Å². The van der Waals surface area contributed by atoms with E-state index < -0.39 is 23.6 Å². The molecular weight excluding hydrogens is 277 g/mol. The lowest BCUT2D eigenvalue weighted by molar-refractivity contribution is 0.177. The van der Waals surface area contributed by atoms with Crippen LogP contribution in [0.4, 0.5) is 13.2 Å². The number of halogens is 4. The van der Waals surface area contributed by atoms with E-state index in [1.807, 2.05) is 0 Å². The summed E-state index contributed by atoms with van der Waals surface area (Å²) in [7, 11) is 0. The number of aliphatic hydroxyl groups excluding tert-OH is 1. The third kappa shape index (κ3) is 3.49. The summed E-state index contributed by atoms with van der Waals surface area (Å²) in [4.78, 5) is 0. The highest BCUT2D eigenvalue weighted by Crippen LogP contribution is 2.25. The first-order valence-electron chi connectivity index (χ1n) is 5.53. The van der Waals surface area contributed by atoms with Gasteiger partial charge in [0.05, 0.1) is 6.10 Å². The van der Waals surface area contributed by atoms with E-state index in [2.05, 4.69) is 0 Å². The van der Waals surface area contributed by atoms with Crippen LogP contribution in [0.25, 0.3) is 0 Å². The van der Waals surface area contributed by atoms with Gasteiger partial charge in [0.25, 0.3) is 0 Å². The van der Waals surface area contributed by atoms with Crippen LogP contribution in [0.2, 0.25) is 5.02 Å². The fraction of sp³-hybridized carbons (Fsp3) is 0.143. The Morgan fingerprint density at radius 1 is 0.947 bits per heavy atom. The molecule has 100 valence electrons. The predicted molar refractivity (Wildman–Crippen MR) is 66.4 cm³/mol. The highest BCUT2D eigenvalue weighted by Gasteiger charge is 2.13. The summed E-state index contributed by atoms with van der Waals surface area (Å²) in [6, 6.07) is 6.51.